The predicted octanol–water partition coefficient (Wildman–Crippen LogP) is 1.94. The molecule has 0 fully saturated rings. The number of aromatic nitrogens is 1. The van der Waals surface area contributed by atoms with Crippen molar-refractivity contribution in [3.8, 4) is 0 Å². The Kier molecular flexibility index (Phi) is 2.60. The van der Waals surface area contributed by atoms with Crippen LogP contribution in [0.5, 0.6) is 0 Å². The first-order chi connectivity index (χ1) is 5.27. The van der Waals surface area contributed by atoms with E-state index in [-0.39, 0.29) is 0 Å². The lowest BCUT2D eigenvalue weighted by atomic mass is 10.2. The van der Waals surface area contributed by atoms with E-state index < -0.39 is 0 Å². The molecule has 0 saturated heterocycles. The third-order valence-corrected chi connectivity index (χ3v) is 1.72. The van der Waals surface area contributed by atoms with Gasteiger partial charge in [-0.3, -0.25) is 9.78 Å². The molecule has 0 N–H and O–H groups in total. The zero-order chi connectivity index (χ0) is 8.27. The summed E-state index contributed by atoms with van der Waals surface area (Å²) in [6.07, 6.45) is 0.792. The molecule has 3 heteroatoms. The van der Waals surface area contributed by atoms with Crippen molar-refractivity contribution in [1.82, 2.24) is 4.98 Å². The molecule has 0 bridgehead atoms. The highest BCUT2D eigenvalue weighted by Crippen LogP contribution is 2.05. The second-order valence-corrected chi connectivity index (χ2v) is 2.50. The molecule has 0 amide bonds. The van der Waals surface area contributed by atoms with Gasteiger partial charge >= 0.3 is 0 Å². The van der Waals surface area contributed by atoms with Crippen LogP contribution in [0.15, 0.2) is 12.1 Å². The van der Waals surface area contributed by atoms with E-state index in [1.165, 1.54) is 0 Å². The van der Waals surface area contributed by atoms with Gasteiger partial charge in [0.1, 0.15) is 0 Å². The number of aldehydes is 1. The van der Waals surface area contributed by atoms with Crippen LogP contribution in [-0.2, 0) is 5.88 Å². The maximum absolute atomic E-state index is 10.4. The number of nitrogens with zero attached hydrogens (tertiary/aromatic N) is 1. The van der Waals surface area contributed by atoms with Gasteiger partial charge in [0.2, 0.25) is 0 Å². The van der Waals surface area contributed by atoms with Crippen molar-refractivity contribution in [1.29, 1.82) is 0 Å². The standard InChI is InChI=1S/C8H8ClNO/c1-6-7(5-11)2-3-8(4-9)10-6/h2-3,5H,4H2,1H3. The largest absolute Gasteiger partial charge is 0.298 e. The molecule has 2 nitrogen and oxygen atoms in total. The number of aryl methyl sites for hydroxylation is 1. The highest BCUT2D eigenvalue weighted by Gasteiger charge is 1.98. The van der Waals surface area contributed by atoms with Crippen molar-refractivity contribution in [2.75, 3.05) is 0 Å². The molecule has 0 aliphatic carbocycles. The molecule has 1 rings (SSSR count). The lowest BCUT2D eigenvalue weighted by Crippen LogP contribution is -1.93. The van der Waals surface area contributed by atoms with E-state index in [1.807, 2.05) is 0 Å². The minimum absolute atomic E-state index is 0.389. The molecule has 1 aromatic heterocycles. The first kappa shape index (κ1) is 8.21. The Hall–Kier alpha value is -0.890. The van der Waals surface area contributed by atoms with Crippen LogP contribution in [0, 0.1) is 6.92 Å². The van der Waals surface area contributed by atoms with Crippen LogP contribution in [0.25, 0.3) is 0 Å². The molecule has 0 aromatic carbocycles. The fourth-order valence-corrected chi connectivity index (χ4v) is 0.972. The highest BCUT2D eigenvalue weighted by molar-refractivity contribution is 6.16. The van der Waals surface area contributed by atoms with Gasteiger partial charge in [-0.05, 0) is 19.1 Å². The lowest BCUT2D eigenvalue weighted by molar-refractivity contribution is 0.112. The SMILES string of the molecule is Cc1nc(CCl)ccc1C=O. The van der Waals surface area contributed by atoms with E-state index in [0.29, 0.717) is 11.4 Å². The predicted molar refractivity (Wildman–Crippen MR) is 43.9 cm³/mol. The fourth-order valence-electron chi connectivity index (χ4n) is 0.823. The Morgan fingerprint density at radius 3 is 2.82 bits per heavy atom. The van der Waals surface area contributed by atoms with E-state index in [2.05, 4.69) is 4.98 Å². The Morgan fingerprint density at radius 2 is 2.36 bits per heavy atom. The number of carbonyl (C=O) groups excluding carboxylic acids is 1. The summed E-state index contributed by atoms with van der Waals surface area (Å²) in [5, 5.41) is 0. The maximum Gasteiger partial charge on any atom is 0.151 e. The van der Waals surface area contributed by atoms with Gasteiger partial charge in [0.25, 0.3) is 0 Å². The Bertz CT molecular complexity index is 273. The Balaban J connectivity index is 3.09. The monoisotopic (exact) mass is 169 g/mol. The smallest absolute Gasteiger partial charge is 0.151 e. The van der Waals surface area contributed by atoms with Crippen LogP contribution in [0.2, 0.25) is 0 Å². The van der Waals surface area contributed by atoms with Gasteiger partial charge in [-0.15, -0.1) is 11.6 Å². The van der Waals surface area contributed by atoms with Gasteiger partial charge in [-0.25, -0.2) is 0 Å². The second kappa shape index (κ2) is 3.49. The summed E-state index contributed by atoms with van der Waals surface area (Å²) in [5.74, 6) is 0.389. The molecule has 0 saturated carbocycles. The Labute approximate surface area is 70.2 Å². The number of alkyl halides is 1. The van der Waals surface area contributed by atoms with Crippen molar-refractivity contribution in [2.45, 2.75) is 12.8 Å². The fraction of sp³-hybridized carbons (Fsp3) is 0.250. The number of carbonyl (C=O) groups is 1. The quantitative estimate of drug-likeness (QED) is 0.500. The molecule has 0 aliphatic rings. The molecule has 0 atom stereocenters. The molecule has 0 radical (unpaired) electrons. The summed E-state index contributed by atoms with van der Waals surface area (Å²) in [5.41, 5.74) is 2.16. The molecule has 0 unspecified atom stereocenters. The molecule has 58 valence electrons. The minimum Gasteiger partial charge on any atom is -0.298 e. The minimum atomic E-state index is 0.389. The van der Waals surface area contributed by atoms with Gasteiger partial charge in [-0.2, -0.15) is 0 Å². The molecular formula is C8H8ClNO. The number of pyridine rings is 1. The molecule has 0 aliphatic heterocycles. The van der Waals surface area contributed by atoms with Crippen molar-refractivity contribution in [2.24, 2.45) is 0 Å². The summed E-state index contributed by atoms with van der Waals surface area (Å²) in [4.78, 5) is 14.5. The lowest BCUT2D eigenvalue weighted by Gasteiger charge is -1.98. The number of hydrogen-bond donors (Lipinski definition) is 0. The Morgan fingerprint density at radius 1 is 1.64 bits per heavy atom. The third-order valence-electron chi connectivity index (χ3n) is 1.45. The maximum atomic E-state index is 10.4. The van der Waals surface area contributed by atoms with Crippen molar-refractivity contribution in [3.63, 3.8) is 0 Å². The second-order valence-electron chi connectivity index (χ2n) is 2.23. The van der Waals surface area contributed by atoms with Gasteiger partial charge in [0.05, 0.1) is 11.6 Å². The third kappa shape index (κ3) is 1.77. The van der Waals surface area contributed by atoms with Crippen molar-refractivity contribution >= 4 is 17.9 Å². The van der Waals surface area contributed by atoms with Crippen LogP contribution in [-0.4, -0.2) is 11.3 Å². The number of rotatable bonds is 2. The molecule has 1 heterocycles. The van der Waals surface area contributed by atoms with Crippen LogP contribution in [0.1, 0.15) is 21.7 Å². The van der Waals surface area contributed by atoms with E-state index in [4.69, 9.17) is 11.6 Å². The van der Waals surface area contributed by atoms with E-state index in [0.717, 1.165) is 17.7 Å². The first-order valence-corrected chi connectivity index (χ1v) is 3.79. The number of hydrogen-bond acceptors (Lipinski definition) is 2. The zero-order valence-electron chi connectivity index (χ0n) is 6.17. The van der Waals surface area contributed by atoms with Crippen LogP contribution in [0.4, 0.5) is 0 Å². The van der Waals surface area contributed by atoms with E-state index >= 15 is 0 Å². The van der Waals surface area contributed by atoms with Crippen molar-refractivity contribution < 1.29 is 4.79 Å². The average molecular weight is 170 g/mol. The van der Waals surface area contributed by atoms with Crippen LogP contribution >= 0.6 is 11.6 Å². The molecular weight excluding hydrogens is 162 g/mol. The van der Waals surface area contributed by atoms with Gasteiger partial charge in [-0.1, -0.05) is 0 Å². The summed E-state index contributed by atoms with van der Waals surface area (Å²) in [7, 11) is 0. The molecule has 1 aromatic rings. The average Bonchev–Trinajstić information content (AvgIpc) is 2.04. The molecule has 11 heavy (non-hydrogen) atoms. The summed E-state index contributed by atoms with van der Waals surface area (Å²) < 4.78 is 0. The van der Waals surface area contributed by atoms with Crippen LogP contribution < -0.4 is 0 Å². The van der Waals surface area contributed by atoms with Gasteiger partial charge in [0, 0.05) is 11.3 Å². The van der Waals surface area contributed by atoms with Gasteiger partial charge < -0.3 is 0 Å². The molecule has 0 spiro atoms. The summed E-state index contributed by atoms with van der Waals surface area (Å²) in [6.45, 7) is 1.79. The first-order valence-electron chi connectivity index (χ1n) is 3.25. The van der Waals surface area contributed by atoms with E-state index in [9.17, 15) is 4.79 Å². The van der Waals surface area contributed by atoms with E-state index in [1.54, 1.807) is 19.1 Å². The summed E-state index contributed by atoms with van der Waals surface area (Å²) >= 11 is 5.54. The normalized spacial score (nSPS) is 9.64. The number of halogens is 1. The summed E-state index contributed by atoms with van der Waals surface area (Å²) in [6, 6.07) is 3.48. The zero-order valence-corrected chi connectivity index (χ0v) is 6.93. The van der Waals surface area contributed by atoms with Gasteiger partial charge in [0.15, 0.2) is 6.29 Å². The topological polar surface area (TPSA) is 30.0 Å². The van der Waals surface area contributed by atoms with Crippen molar-refractivity contribution in [3.05, 3.63) is 29.1 Å². The van der Waals surface area contributed by atoms with Crippen LogP contribution in [0.3, 0.4) is 0 Å². The highest BCUT2D eigenvalue weighted by atomic mass is 35.5.